The number of carbonyl (C=O) groups excluding carboxylic acids is 4. The molecule has 2 heterocycles. The Bertz CT molecular complexity index is 2800. The number of aromatic carboxylic acids is 2. The first-order valence-corrected chi connectivity index (χ1v) is 21.3. The van der Waals surface area contributed by atoms with Crippen molar-refractivity contribution in [2.45, 2.75) is 37.5 Å². The van der Waals surface area contributed by atoms with Crippen molar-refractivity contribution in [3.8, 4) is 23.0 Å². The Morgan fingerprint density at radius 2 is 0.891 bits per heavy atom. The van der Waals surface area contributed by atoms with Crippen molar-refractivity contribution in [1.29, 1.82) is 0 Å². The van der Waals surface area contributed by atoms with Gasteiger partial charge in [0.05, 0.1) is 44.8 Å². The number of hydrogen-bond donors (Lipinski definition) is 2. The molecule has 2 aliphatic heterocycles. The second-order valence-corrected chi connectivity index (χ2v) is 17.3. The molecular formula is C52H38N2O10. The van der Waals surface area contributed by atoms with Crippen molar-refractivity contribution < 1.29 is 48.5 Å². The third kappa shape index (κ3) is 6.04. The average Bonchev–Trinajstić information content (AvgIpc) is 4.12. The van der Waals surface area contributed by atoms with E-state index in [-0.39, 0.29) is 38.8 Å². The predicted octanol–water partition coefficient (Wildman–Crippen LogP) is 10.0. The van der Waals surface area contributed by atoms with Gasteiger partial charge in [0, 0.05) is 5.41 Å². The number of imide groups is 2. The van der Waals surface area contributed by atoms with E-state index in [1.54, 1.807) is 48.5 Å². The van der Waals surface area contributed by atoms with Crippen LogP contribution in [0.1, 0.15) is 105 Å². The minimum absolute atomic E-state index is 0.0566. The van der Waals surface area contributed by atoms with Gasteiger partial charge in [-0.25, -0.2) is 19.4 Å². The number of carboxylic acid groups (broad SMARTS) is 2. The highest BCUT2D eigenvalue weighted by Crippen LogP contribution is 2.68. The van der Waals surface area contributed by atoms with Gasteiger partial charge in [0.15, 0.2) is 0 Å². The fraction of sp³-hybridized carbons (Fsp3) is 0.192. The van der Waals surface area contributed by atoms with Gasteiger partial charge in [0.25, 0.3) is 23.6 Å². The maximum Gasteiger partial charge on any atom is 0.335 e. The topological polar surface area (TPSA) is 168 Å². The smallest absolute Gasteiger partial charge is 0.335 e. The van der Waals surface area contributed by atoms with Crippen LogP contribution in [-0.4, -0.2) is 45.8 Å². The molecule has 11 rings (SSSR count). The number of benzene rings is 6. The zero-order chi connectivity index (χ0) is 44.0. The predicted molar refractivity (Wildman–Crippen MR) is 233 cm³/mol. The largest absolute Gasteiger partial charge is 0.478 e. The number of fused-ring (bicyclic) bond motifs is 7. The average molecular weight is 851 g/mol. The van der Waals surface area contributed by atoms with Crippen molar-refractivity contribution in [1.82, 2.24) is 0 Å². The molecule has 3 saturated carbocycles. The molecule has 4 unspecified atom stereocenters. The van der Waals surface area contributed by atoms with E-state index in [1.807, 2.05) is 24.3 Å². The van der Waals surface area contributed by atoms with E-state index in [9.17, 15) is 39.0 Å². The Kier molecular flexibility index (Phi) is 8.91. The van der Waals surface area contributed by atoms with E-state index in [1.165, 1.54) is 73.2 Å². The molecule has 4 atom stereocenters. The number of anilines is 2. The summed E-state index contributed by atoms with van der Waals surface area (Å²) < 4.78 is 12.5. The minimum Gasteiger partial charge on any atom is -0.478 e. The molecule has 12 heteroatoms. The highest BCUT2D eigenvalue weighted by molar-refractivity contribution is 6.35. The summed E-state index contributed by atoms with van der Waals surface area (Å²) in [7, 11) is 0. The van der Waals surface area contributed by atoms with Crippen molar-refractivity contribution in [2.75, 3.05) is 9.80 Å². The molecular weight excluding hydrogens is 813 g/mol. The molecule has 64 heavy (non-hydrogen) atoms. The Morgan fingerprint density at radius 1 is 0.500 bits per heavy atom. The molecule has 2 bridgehead atoms. The van der Waals surface area contributed by atoms with E-state index in [0.717, 1.165) is 22.1 Å². The molecule has 0 spiro atoms. The fourth-order valence-electron chi connectivity index (χ4n) is 11.4. The molecule has 0 aromatic heterocycles. The molecule has 4 amide bonds. The van der Waals surface area contributed by atoms with Crippen molar-refractivity contribution in [3.63, 3.8) is 0 Å². The molecule has 5 aliphatic rings. The van der Waals surface area contributed by atoms with Gasteiger partial charge >= 0.3 is 11.9 Å². The van der Waals surface area contributed by atoms with Gasteiger partial charge in [0.2, 0.25) is 0 Å². The summed E-state index contributed by atoms with van der Waals surface area (Å²) in [4.78, 5) is 77.6. The second kappa shape index (κ2) is 14.6. The van der Waals surface area contributed by atoms with Crippen LogP contribution in [-0.2, 0) is 5.41 Å². The fourth-order valence-corrected chi connectivity index (χ4v) is 11.4. The Morgan fingerprint density at radius 3 is 1.31 bits per heavy atom. The zero-order valence-electron chi connectivity index (χ0n) is 34.1. The lowest BCUT2D eigenvalue weighted by molar-refractivity contribution is 0.0686. The van der Waals surface area contributed by atoms with Crippen molar-refractivity contribution >= 4 is 46.9 Å². The van der Waals surface area contributed by atoms with Crippen LogP contribution in [0.5, 0.6) is 23.0 Å². The van der Waals surface area contributed by atoms with Gasteiger partial charge in [-0.15, -0.1) is 0 Å². The molecule has 316 valence electrons. The normalized spacial score (nSPS) is 21.2. The standard InChI is InChI=1S/C52H38N2O10/c55-46-41-22-4-28(50(59)60)24-43(41)48(57)53(46)33-10-18-37(19-11-33)63-35-14-6-31(7-15-35)52(27-30-26-45(52)40-3-1-2-39(30)40)32-8-16-36(17-9-32)64-38-20-12-34(13-21-38)54-47(56)42-23-5-29(51(61)62)25-44(42)49(54)58/h4-25,30,39-40,45H,1-3,26-27H2,(H,59,60)(H,61,62). The maximum atomic E-state index is 13.2. The third-order valence-corrected chi connectivity index (χ3v) is 14.2. The lowest BCUT2D eigenvalue weighted by Crippen LogP contribution is -2.40. The van der Waals surface area contributed by atoms with Crippen LogP contribution in [0.15, 0.2) is 133 Å². The minimum atomic E-state index is -1.18. The number of carboxylic acids is 2. The number of nitrogens with zero attached hydrogens (tertiary/aromatic N) is 2. The van der Waals surface area contributed by atoms with Crippen LogP contribution in [0.4, 0.5) is 11.4 Å². The summed E-state index contributed by atoms with van der Waals surface area (Å²) in [5.41, 5.74) is 3.29. The van der Waals surface area contributed by atoms with Gasteiger partial charge in [-0.05, 0) is 170 Å². The van der Waals surface area contributed by atoms with E-state index in [4.69, 9.17) is 9.47 Å². The first kappa shape index (κ1) is 39.0. The quantitative estimate of drug-likeness (QED) is 0.127. The monoisotopic (exact) mass is 850 g/mol. The summed E-state index contributed by atoms with van der Waals surface area (Å²) in [5.74, 6) is 0.380. The molecule has 2 N–H and O–H groups in total. The third-order valence-electron chi connectivity index (χ3n) is 14.2. The van der Waals surface area contributed by atoms with Gasteiger partial charge in [0.1, 0.15) is 23.0 Å². The number of rotatable bonds is 10. The Hall–Kier alpha value is -7.86. The first-order valence-electron chi connectivity index (χ1n) is 21.3. The lowest BCUT2D eigenvalue weighted by atomic mass is 9.59. The number of ether oxygens (including phenoxy) is 2. The zero-order valence-corrected chi connectivity index (χ0v) is 34.1. The second-order valence-electron chi connectivity index (χ2n) is 17.3. The molecule has 12 nitrogen and oxygen atoms in total. The molecule has 0 saturated heterocycles. The molecule has 6 aromatic rings. The number of hydrogen-bond acceptors (Lipinski definition) is 8. The van der Waals surface area contributed by atoms with Crippen LogP contribution in [0, 0.1) is 23.7 Å². The van der Waals surface area contributed by atoms with Crippen LogP contribution in [0.25, 0.3) is 0 Å². The van der Waals surface area contributed by atoms with E-state index >= 15 is 0 Å². The SMILES string of the molecule is O=C(O)c1ccc2c(c1)C(=O)N(c1ccc(Oc3ccc(C4(c5ccc(Oc6ccc(N7C(=O)c8ccc(C(=O)O)cc8C7=O)cc6)cc5)CC5CC4C4CCCC54)cc3)cc1)C2=O. The highest BCUT2D eigenvalue weighted by Gasteiger charge is 2.61. The lowest BCUT2D eigenvalue weighted by Gasteiger charge is -2.44. The van der Waals surface area contributed by atoms with E-state index < -0.39 is 35.6 Å². The maximum absolute atomic E-state index is 13.2. The summed E-state index contributed by atoms with van der Waals surface area (Å²) in [5, 5.41) is 18.7. The van der Waals surface area contributed by atoms with Crippen LogP contribution >= 0.6 is 0 Å². The summed E-state index contributed by atoms with van der Waals surface area (Å²) in [6.07, 6.45) is 6.08. The molecule has 6 aromatic carbocycles. The summed E-state index contributed by atoms with van der Waals surface area (Å²) >= 11 is 0. The van der Waals surface area contributed by atoms with Crippen molar-refractivity contribution in [3.05, 3.63) is 178 Å². The summed E-state index contributed by atoms with van der Waals surface area (Å²) in [6, 6.07) is 37.8. The van der Waals surface area contributed by atoms with Crippen molar-refractivity contribution in [2.24, 2.45) is 23.7 Å². The van der Waals surface area contributed by atoms with Gasteiger partial charge in [-0.3, -0.25) is 19.2 Å². The van der Waals surface area contributed by atoms with Crippen LogP contribution in [0.2, 0.25) is 0 Å². The Labute approximate surface area is 366 Å². The number of amides is 4. The molecule has 3 aliphatic carbocycles. The van der Waals surface area contributed by atoms with Gasteiger partial charge in [-0.1, -0.05) is 30.7 Å². The van der Waals surface area contributed by atoms with Gasteiger partial charge < -0.3 is 19.7 Å². The molecule has 0 radical (unpaired) electrons. The Balaban J connectivity index is 0.804. The van der Waals surface area contributed by atoms with Crippen LogP contribution < -0.4 is 19.3 Å². The number of carbonyl (C=O) groups is 6. The van der Waals surface area contributed by atoms with Gasteiger partial charge in [-0.2, -0.15) is 0 Å². The first-order chi connectivity index (χ1) is 31.0. The highest BCUT2D eigenvalue weighted by atomic mass is 16.5. The molecule has 3 fully saturated rings. The van der Waals surface area contributed by atoms with E-state index in [2.05, 4.69) is 24.3 Å². The van der Waals surface area contributed by atoms with Crippen LogP contribution in [0.3, 0.4) is 0 Å². The summed E-state index contributed by atoms with van der Waals surface area (Å²) in [6.45, 7) is 0. The van der Waals surface area contributed by atoms with E-state index in [0.29, 0.717) is 52.1 Å².